The van der Waals surface area contributed by atoms with Gasteiger partial charge in [-0.25, -0.2) is 4.68 Å². The fourth-order valence-corrected chi connectivity index (χ4v) is 2.89. The maximum atomic E-state index is 11.9. The summed E-state index contributed by atoms with van der Waals surface area (Å²) in [5.74, 6) is 2.38. The summed E-state index contributed by atoms with van der Waals surface area (Å²) in [5, 5.41) is 7.12. The molecule has 0 atom stereocenters. The van der Waals surface area contributed by atoms with Gasteiger partial charge in [-0.3, -0.25) is 4.79 Å². The summed E-state index contributed by atoms with van der Waals surface area (Å²) in [5.41, 5.74) is 0.370. The second-order valence-corrected chi connectivity index (χ2v) is 6.19. The van der Waals surface area contributed by atoms with E-state index in [9.17, 15) is 4.79 Å². The molecule has 2 rings (SSSR count). The van der Waals surface area contributed by atoms with Gasteiger partial charge in [0.15, 0.2) is 0 Å². The summed E-state index contributed by atoms with van der Waals surface area (Å²) in [6, 6.07) is 3.77. The Morgan fingerprint density at radius 3 is 3.00 bits per heavy atom. The number of aromatic nitrogens is 2. The van der Waals surface area contributed by atoms with Crippen molar-refractivity contribution in [1.82, 2.24) is 9.78 Å². The SMILES string of the molecule is C#CCn1ncc(NCc2ccc(Cl)s2)c(Br)c1=O. The summed E-state index contributed by atoms with van der Waals surface area (Å²) in [6.07, 6.45) is 6.73. The minimum absolute atomic E-state index is 0.151. The van der Waals surface area contributed by atoms with Gasteiger partial charge < -0.3 is 5.32 Å². The lowest BCUT2D eigenvalue weighted by Gasteiger charge is -2.08. The highest BCUT2D eigenvalue weighted by molar-refractivity contribution is 9.10. The Hall–Kier alpha value is -1.29. The molecular formula is C12H9BrClN3OS. The van der Waals surface area contributed by atoms with Gasteiger partial charge in [-0.05, 0) is 28.1 Å². The fourth-order valence-electron chi connectivity index (χ4n) is 1.42. The Kier molecular flexibility index (Phi) is 4.64. The largest absolute Gasteiger partial charge is 0.378 e. The third-order valence-electron chi connectivity index (χ3n) is 2.31. The fraction of sp³-hybridized carbons (Fsp3) is 0.167. The molecule has 0 aliphatic rings. The number of nitrogens with zero attached hydrogens (tertiary/aromatic N) is 2. The van der Waals surface area contributed by atoms with Crippen LogP contribution in [0.4, 0.5) is 5.69 Å². The predicted molar refractivity (Wildman–Crippen MR) is 81.7 cm³/mol. The number of nitrogens with one attached hydrogen (secondary N) is 1. The number of hydrogen-bond donors (Lipinski definition) is 1. The van der Waals surface area contributed by atoms with Crippen LogP contribution in [0.2, 0.25) is 4.34 Å². The molecule has 2 heterocycles. The van der Waals surface area contributed by atoms with Crippen LogP contribution in [0.15, 0.2) is 27.6 Å². The maximum absolute atomic E-state index is 11.9. The Bertz CT molecular complexity index is 689. The summed E-state index contributed by atoms with van der Waals surface area (Å²) in [7, 11) is 0. The second kappa shape index (κ2) is 6.24. The molecule has 98 valence electrons. The van der Waals surface area contributed by atoms with Gasteiger partial charge in [-0.1, -0.05) is 17.5 Å². The smallest absolute Gasteiger partial charge is 0.284 e. The first-order chi connectivity index (χ1) is 9.11. The molecular weight excluding hydrogens is 350 g/mol. The zero-order valence-corrected chi connectivity index (χ0v) is 12.8. The molecule has 0 saturated carbocycles. The summed E-state index contributed by atoms with van der Waals surface area (Å²) < 4.78 is 2.37. The van der Waals surface area contributed by atoms with E-state index in [-0.39, 0.29) is 12.1 Å². The van der Waals surface area contributed by atoms with E-state index in [0.717, 1.165) is 9.21 Å². The van der Waals surface area contributed by atoms with Gasteiger partial charge in [-0.2, -0.15) is 5.10 Å². The highest BCUT2D eigenvalue weighted by Gasteiger charge is 2.08. The molecule has 1 N–H and O–H groups in total. The van der Waals surface area contributed by atoms with Crippen LogP contribution in [0.1, 0.15) is 4.88 Å². The average Bonchev–Trinajstić information content (AvgIpc) is 2.80. The molecule has 0 saturated heterocycles. The average molecular weight is 359 g/mol. The van der Waals surface area contributed by atoms with Crippen LogP contribution in [0, 0.1) is 12.3 Å². The van der Waals surface area contributed by atoms with Gasteiger partial charge >= 0.3 is 0 Å². The number of rotatable bonds is 4. The van der Waals surface area contributed by atoms with Gasteiger partial charge in [0, 0.05) is 11.4 Å². The van der Waals surface area contributed by atoms with E-state index >= 15 is 0 Å². The Balaban J connectivity index is 2.16. The third kappa shape index (κ3) is 3.38. The summed E-state index contributed by atoms with van der Waals surface area (Å²) >= 11 is 10.6. The molecule has 0 aliphatic heterocycles. The van der Waals surface area contributed by atoms with Crippen molar-refractivity contribution in [3.05, 3.63) is 42.4 Å². The first-order valence-corrected chi connectivity index (χ1v) is 7.27. The normalized spacial score (nSPS) is 10.2. The van der Waals surface area contributed by atoms with Crippen LogP contribution in [0.5, 0.6) is 0 Å². The van der Waals surface area contributed by atoms with Crippen LogP contribution < -0.4 is 10.9 Å². The highest BCUT2D eigenvalue weighted by Crippen LogP contribution is 2.23. The number of thiophene rings is 1. The van der Waals surface area contributed by atoms with Crippen molar-refractivity contribution in [2.24, 2.45) is 0 Å². The zero-order chi connectivity index (χ0) is 13.8. The molecule has 0 radical (unpaired) electrons. The van der Waals surface area contributed by atoms with Crippen molar-refractivity contribution in [3.8, 4) is 12.3 Å². The van der Waals surface area contributed by atoms with Crippen LogP contribution in [0.25, 0.3) is 0 Å². The highest BCUT2D eigenvalue weighted by atomic mass is 79.9. The molecule has 0 bridgehead atoms. The van der Waals surface area contributed by atoms with Crippen molar-refractivity contribution < 1.29 is 0 Å². The molecule has 2 aromatic heterocycles. The van der Waals surface area contributed by atoms with E-state index in [1.807, 2.05) is 12.1 Å². The van der Waals surface area contributed by atoms with Crippen molar-refractivity contribution in [1.29, 1.82) is 0 Å². The molecule has 0 aliphatic carbocycles. The lowest BCUT2D eigenvalue weighted by atomic mass is 10.4. The van der Waals surface area contributed by atoms with Crippen molar-refractivity contribution in [2.45, 2.75) is 13.1 Å². The van der Waals surface area contributed by atoms with E-state index in [1.165, 1.54) is 16.0 Å². The molecule has 0 amide bonds. The van der Waals surface area contributed by atoms with E-state index in [4.69, 9.17) is 18.0 Å². The molecule has 0 unspecified atom stereocenters. The molecule has 0 fully saturated rings. The standard InChI is InChI=1S/C12H9BrClN3OS/c1-2-5-17-12(18)11(13)9(7-16-17)15-6-8-3-4-10(14)19-8/h1,3-4,7,15H,5-6H2. The first-order valence-electron chi connectivity index (χ1n) is 5.29. The van der Waals surface area contributed by atoms with Crippen LogP contribution >= 0.6 is 38.9 Å². The van der Waals surface area contributed by atoms with Crippen LogP contribution in [-0.2, 0) is 13.1 Å². The van der Waals surface area contributed by atoms with Gasteiger partial charge in [0.05, 0.1) is 16.2 Å². The van der Waals surface area contributed by atoms with Gasteiger partial charge in [-0.15, -0.1) is 17.8 Å². The lowest BCUT2D eigenvalue weighted by molar-refractivity contribution is 0.659. The van der Waals surface area contributed by atoms with E-state index in [1.54, 1.807) is 6.20 Å². The minimum atomic E-state index is -0.257. The minimum Gasteiger partial charge on any atom is -0.378 e. The van der Waals surface area contributed by atoms with E-state index in [2.05, 4.69) is 32.3 Å². The number of terminal acetylenes is 1. The molecule has 7 heteroatoms. The molecule has 4 nitrogen and oxygen atoms in total. The summed E-state index contributed by atoms with van der Waals surface area (Å²) in [6.45, 7) is 0.731. The molecule has 19 heavy (non-hydrogen) atoms. The first kappa shape index (κ1) is 14.1. The van der Waals surface area contributed by atoms with Gasteiger partial charge in [0.25, 0.3) is 5.56 Å². The zero-order valence-electron chi connectivity index (χ0n) is 9.69. The summed E-state index contributed by atoms with van der Waals surface area (Å²) in [4.78, 5) is 13.0. The Morgan fingerprint density at radius 1 is 1.58 bits per heavy atom. The topological polar surface area (TPSA) is 46.9 Å². The quantitative estimate of drug-likeness (QED) is 0.855. The van der Waals surface area contributed by atoms with Crippen molar-refractivity contribution in [2.75, 3.05) is 5.32 Å². The van der Waals surface area contributed by atoms with E-state index < -0.39 is 0 Å². The lowest BCUT2D eigenvalue weighted by Crippen LogP contribution is -2.24. The molecule has 2 aromatic rings. The van der Waals surface area contributed by atoms with Crippen molar-refractivity contribution >= 4 is 44.6 Å². The van der Waals surface area contributed by atoms with E-state index in [0.29, 0.717) is 16.7 Å². The molecule has 0 spiro atoms. The number of halogens is 2. The van der Waals surface area contributed by atoms with Gasteiger partial charge in [0.2, 0.25) is 0 Å². The van der Waals surface area contributed by atoms with Crippen LogP contribution in [-0.4, -0.2) is 9.78 Å². The second-order valence-electron chi connectivity index (χ2n) is 3.60. The third-order valence-corrected chi connectivity index (χ3v) is 4.31. The number of hydrogen-bond acceptors (Lipinski definition) is 4. The Labute approximate surface area is 127 Å². The van der Waals surface area contributed by atoms with Gasteiger partial charge in [0.1, 0.15) is 11.0 Å². The molecule has 0 aromatic carbocycles. The number of anilines is 1. The monoisotopic (exact) mass is 357 g/mol. The van der Waals surface area contributed by atoms with Crippen molar-refractivity contribution in [3.63, 3.8) is 0 Å². The predicted octanol–water partition coefficient (Wildman–Crippen LogP) is 2.97. The Morgan fingerprint density at radius 2 is 2.37 bits per heavy atom. The van der Waals surface area contributed by atoms with Crippen LogP contribution in [0.3, 0.4) is 0 Å². The maximum Gasteiger partial charge on any atom is 0.284 e.